The lowest BCUT2D eigenvalue weighted by Gasteiger charge is -2.31. The van der Waals surface area contributed by atoms with Gasteiger partial charge in [-0.25, -0.2) is 0 Å². The van der Waals surface area contributed by atoms with E-state index in [0.717, 1.165) is 17.1 Å². The topological polar surface area (TPSA) is 38.8 Å². The number of para-hydroxylation sites is 1. The number of hydrogen-bond donors (Lipinski definition) is 0. The van der Waals surface area contributed by atoms with Crippen LogP contribution in [0.5, 0.6) is 11.5 Å². The molecule has 124 valence electrons. The maximum absolute atomic E-state index is 12.6. The SMILES string of the molecule is CC1(C)C[C@]2(c3ccc(Oc4ccccc4)cc3)OCCN2C1=O. The highest BCUT2D eigenvalue weighted by Gasteiger charge is 2.59. The van der Waals surface area contributed by atoms with Crippen LogP contribution in [0, 0.1) is 5.41 Å². The molecule has 0 aliphatic carbocycles. The highest BCUT2D eigenvalue weighted by atomic mass is 16.5. The molecule has 0 unspecified atom stereocenters. The van der Waals surface area contributed by atoms with Crippen molar-refractivity contribution < 1.29 is 14.3 Å². The Balaban J connectivity index is 1.62. The van der Waals surface area contributed by atoms with Gasteiger partial charge in [0.2, 0.25) is 5.91 Å². The third-order valence-corrected chi connectivity index (χ3v) is 4.88. The molecular formula is C20H21NO3. The molecule has 2 saturated heterocycles. The fourth-order valence-electron chi connectivity index (χ4n) is 3.77. The lowest BCUT2D eigenvalue weighted by atomic mass is 9.86. The van der Waals surface area contributed by atoms with E-state index in [4.69, 9.17) is 9.47 Å². The zero-order valence-corrected chi connectivity index (χ0v) is 14.0. The zero-order chi connectivity index (χ0) is 16.8. The second-order valence-corrected chi connectivity index (χ2v) is 7.09. The van der Waals surface area contributed by atoms with Crippen molar-refractivity contribution in [3.05, 3.63) is 60.2 Å². The van der Waals surface area contributed by atoms with E-state index in [0.29, 0.717) is 19.6 Å². The van der Waals surface area contributed by atoms with E-state index in [9.17, 15) is 4.79 Å². The molecule has 0 N–H and O–H groups in total. The Labute approximate surface area is 142 Å². The number of ether oxygens (including phenoxy) is 2. The maximum Gasteiger partial charge on any atom is 0.231 e. The Morgan fingerprint density at radius 1 is 1.00 bits per heavy atom. The van der Waals surface area contributed by atoms with Gasteiger partial charge < -0.3 is 14.4 Å². The summed E-state index contributed by atoms with van der Waals surface area (Å²) < 4.78 is 11.9. The molecular weight excluding hydrogens is 302 g/mol. The van der Waals surface area contributed by atoms with Crippen LogP contribution in [0.15, 0.2) is 54.6 Å². The number of rotatable bonds is 3. The Kier molecular flexibility index (Phi) is 3.39. The summed E-state index contributed by atoms with van der Waals surface area (Å²) in [6.45, 7) is 5.23. The lowest BCUT2D eigenvalue weighted by Crippen LogP contribution is -2.39. The monoisotopic (exact) mass is 323 g/mol. The molecule has 0 bridgehead atoms. The second kappa shape index (κ2) is 5.35. The molecule has 0 spiro atoms. The fraction of sp³-hybridized carbons (Fsp3) is 0.350. The lowest BCUT2D eigenvalue weighted by molar-refractivity contribution is -0.140. The molecule has 1 amide bonds. The van der Waals surface area contributed by atoms with Crippen molar-refractivity contribution in [2.24, 2.45) is 5.41 Å². The van der Waals surface area contributed by atoms with Crippen molar-refractivity contribution in [3.63, 3.8) is 0 Å². The van der Waals surface area contributed by atoms with Gasteiger partial charge in [-0.15, -0.1) is 0 Å². The van der Waals surface area contributed by atoms with Gasteiger partial charge in [0.05, 0.1) is 6.61 Å². The average molecular weight is 323 g/mol. The van der Waals surface area contributed by atoms with Crippen molar-refractivity contribution in [2.75, 3.05) is 13.2 Å². The first-order chi connectivity index (χ1) is 11.5. The second-order valence-electron chi connectivity index (χ2n) is 7.09. The van der Waals surface area contributed by atoms with E-state index >= 15 is 0 Å². The van der Waals surface area contributed by atoms with E-state index in [1.54, 1.807) is 0 Å². The molecule has 2 aliphatic heterocycles. The molecule has 4 heteroatoms. The largest absolute Gasteiger partial charge is 0.457 e. The Bertz CT molecular complexity index is 754. The van der Waals surface area contributed by atoms with Crippen LogP contribution < -0.4 is 4.74 Å². The van der Waals surface area contributed by atoms with E-state index in [2.05, 4.69) is 0 Å². The van der Waals surface area contributed by atoms with E-state index < -0.39 is 5.72 Å². The van der Waals surface area contributed by atoms with Crippen LogP contribution in [0.25, 0.3) is 0 Å². The molecule has 4 rings (SSSR count). The van der Waals surface area contributed by atoms with Crippen molar-refractivity contribution in [1.29, 1.82) is 0 Å². The van der Waals surface area contributed by atoms with E-state index in [1.165, 1.54) is 0 Å². The van der Waals surface area contributed by atoms with Gasteiger partial charge in [0.1, 0.15) is 11.5 Å². The average Bonchev–Trinajstić information content (AvgIpc) is 3.06. The predicted molar refractivity (Wildman–Crippen MR) is 90.7 cm³/mol. The van der Waals surface area contributed by atoms with Crippen LogP contribution in [0.1, 0.15) is 25.8 Å². The predicted octanol–water partition coefficient (Wildman–Crippen LogP) is 3.92. The van der Waals surface area contributed by atoms with Gasteiger partial charge in [0.25, 0.3) is 0 Å². The molecule has 2 aliphatic rings. The number of carbonyl (C=O) groups is 1. The number of amides is 1. The first-order valence-corrected chi connectivity index (χ1v) is 8.31. The Morgan fingerprint density at radius 2 is 1.67 bits per heavy atom. The molecule has 1 atom stereocenters. The van der Waals surface area contributed by atoms with Crippen LogP contribution in [-0.2, 0) is 15.3 Å². The zero-order valence-electron chi connectivity index (χ0n) is 14.0. The van der Waals surface area contributed by atoms with Gasteiger partial charge in [-0.3, -0.25) is 4.79 Å². The molecule has 0 saturated carbocycles. The molecule has 4 nitrogen and oxygen atoms in total. The molecule has 2 fully saturated rings. The standard InChI is InChI=1S/C20H21NO3/c1-19(2)14-20(21(18(19)22)12-13-23-20)15-8-10-17(11-9-15)24-16-6-4-3-5-7-16/h3-11H,12-14H2,1-2H3/t20-/m1/s1. The van der Waals surface area contributed by atoms with Crippen LogP contribution in [-0.4, -0.2) is 24.0 Å². The normalized spacial score (nSPS) is 24.9. The number of nitrogens with zero attached hydrogens (tertiary/aromatic N) is 1. The third-order valence-electron chi connectivity index (χ3n) is 4.88. The van der Waals surface area contributed by atoms with Gasteiger partial charge in [0, 0.05) is 23.9 Å². The maximum atomic E-state index is 12.6. The molecule has 0 aromatic heterocycles. The highest BCUT2D eigenvalue weighted by Crippen LogP contribution is 2.51. The summed E-state index contributed by atoms with van der Waals surface area (Å²) in [6.07, 6.45) is 0.678. The van der Waals surface area contributed by atoms with E-state index in [-0.39, 0.29) is 11.3 Å². The molecule has 2 aromatic rings. The summed E-state index contributed by atoms with van der Waals surface area (Å²) in [7, 11) is 0. The first-order valence-electron chi connectivity index (χ1n) is 8.31. The summed E-state index contributed by atoms with van der Waals surface area (Å²) in [5.74, 6) is 1.75. The van der Waals surface area contributed by atoms with Crippen LogP contribution >= 0.6 is 0 Å². The van der Waals surface area contributed by atoms with Crippen LogP contribution in [0.3, 0.4) is 0 Å². The van der Waals surface area contributed by atoms with Crippen molar-refractivity contribution in [3.8, 4) is 11.5 Å². The number of fused-ring (bicyclic) bond motifs is 1. The minimum Gasteiger partial charge on any atom is -0.457 e. The molecule has 24 heavy (non-hydrogen) atoms. The van der Waals surface area contributed by atoms with Gasteiger partial charge >= 0.3 is 0 Å². The minimum absolute atomic E-state index is 0.171. The minimum atomic E-state index is -0.619. The number of carbonyl (C=O) groups excluding carboxylic acids is 1. The van der Waals surface area contributed by atoms with Gasteiger partial charge in [-0.05, 0) is 24.3 Å². The van der Waals surface area contributed by atoms with Crippen molar-refractivity contribution in [1.82, 2.24) is 4.90 Å². The summed E-state index contributed by atoms with van der Waals surface area (Å²) >= 11 is 0. The smallest absolute Gasteiger partial charge is 0.231 e. The summed E-state index contributed by atoms with van der Waals surface area (Å²) in [4.78, 5) is 14.5. The number of benzene rings is 2. The van der Waals surface area contributed by atoms with Crippen molar-refractivity contribution in [2.45, 2.75) is 26.0 Å². The quantitative estimate of drug-likeness (QED) is 0.859. The van der Waals surface area contributed by atoms with Crippen molar-refractivity contribution >= 4 is 5.91 Å². The van der Waals surface area contributed by atoms with E-state index in [1.807, 2.05) is 73.3 Å². The van der Waals surface area contributed by atoms with Gasteiger partial charge in [0.15, 0.2) is 5.72 Å². The van der Waals surface area contributed by atoms with Gasteiger partial charge in [-0.2, -0.15) is 0 Å². The van der Waals surface area contributed by atoms with Gasteiger partial charge in [-0.1, -0.05) is 44.2 Å². The summed E-state index contributed by atoms with van der Waals surface area (Å²) in [6, 6.07) is 17.6. The first kappa shape index (κ1) is 15.2. The number of hydrogen-bond acceptors (Lipinski definition) is 3. The fourth-order valence-corrected chi connectivity index (χ4v) is 3.77. The molecule has 2 heterocycles. The van der Waals surface area contributed by atoms with Crippen LogP contribution in [0.2, 0.25) is 0 Å². The Hall–Kier alpha value is -2.33. The van der Waals surface area contributed by atoms with Crippen LogP contribution in [0.4, 0.5) is 0 Å². The molecule has 2 aromatic carbocycles. The Morgan fingerprint density at radius 3 is 2.38 bits per heavy atom. The molecule has 0 radical (unpaired) electrons. The summed E-state index contributed by atoms with van der Waals surface area (Å²) in [5.41, 5.74) is 0.00483. The third kappa shape index (κ3) is 2.29. The summed E-state index contributed by atoms with van der Waals surface area (Å²) in [5, 5.41) is 0. The highest BCUT2D eigenvalue weighted by molar-refractivity contribution is 5.85.